The van der Waals surface area contributed by atoms with Gasteiger partial charge in [0.2, 0.25) is 0 Å². The SMILES string of the molecule is Cc1cccc(NC(=O)Nc2ccc(-c3[nH]ncc3N)cc2F)c1. The van der Waals surface area contributed by atoms with Crippen LogP contribution in [0.4, 0.5) is 26.2 Å². The minimum atomic E-state index is -0.569. The number of carbonyl (C=O) groups excluding carboxylic acids is 1. The zero-order chi connectivity index (χ0) is 17.1. The predicted molar refractivity (Wildman–Crippen MR) is 92.2 cm³/mol. The summed E-state index contributed by atoms with van der Waals surface area (Å²) in [6.07, 6.45) is 1.45. The fraction of sp³-hybridized carbons (Fsp3) is 0.0588. The number of aryl methyl sites for hydroxylation is 1. The standard InChI is InChI=1S/C17H16FN5O/c1-10-3-2-4-12(7-10)21-17(24)22-15-6-5-11(8-13(15)18)16-14(19)9-20-23-16/h2-9H,19H2,1H3,(H,20,23)(H2,21,22,24). The highest BCUT2D eigenvalue weighted by Crippen LogP contribution is 2.26. The second kappa shape index (κ2) is 6.41. The lowest BCUT2D eigenvalue weighted by molar-refractivity contribution is 0.262. The number of aromatic nitrogens is 2. The smallest absolute Gasteiger partial charge is 0.323 e. The fourth-order valence-electron chi connectivity index (χ4n) is 2.31. The van der Waals surface area contributed by atoms with Gasteiger partial charge in [0.1, 0.15) is 5.82 Å². The number of hydrogen-bond acceptors (Lipinski definition) is 3. The van der Waals surface area contributed by atoms with E-state index in [-0.39, 0.29) is 5.69 Å². The third kappa shape index (κ3) is 3.35. The quantitative estimate of drug-likeness (QED) is 0.590. The Hall–Kier alpha value is -3.35. The van der Waals surface area contributed by atoms with Crippen molar-refractivity contribution in [2.75, 3.05) is 16.4 Å². The van der Waals surface area contributed by atoms with Crippen LogP contribution >= 0.6 is 0 Å². The molecule has 2 amide bonds. The molecule has 0 aliphatic heterocycles. The molecule has 0 saturated heterocycles. The molecule has 0 atom stereocenters. The van der Waals surface area contributed by atoms with E-state index < -0.39 is 11.8 Å². The van der Waals surface area contributed by atoms with Crippen molar-refractivity contribution in [2.24, 2.45) is 0 Å². The third-order valence-electron chi connectivity index (χ3n) is 3.45. The average Bonchev–Trinajstić information content (AvgIpc) is 2.95. The van der Waals surface area contributed by atoms with Crippen molar-refractivity contribution in [3.63, 3.8) is 0 Å². The highest BCUT2D eigenvalue weighted by molar-refractivity contribution is 6.00. The third-order valence-corrected chi connectivity index (χ3v) is 3.45. The molecule has 3 aromatic rings. The molecule has 24 heavy (non-hydrogen) atoms. The Morgan fingerprint density at radius 2 is 2.04 bits per heavy atom. The number of amides is 2. The maximum atomic E-state index is 14.2. The summed E-state index contributed by atoms with van der Waals surface area (Å²) in [6, 6.07) is 11.2. The molecule has 3 rings (SSSR count). The van der Waals surface area contributed by atoms with Crippen molar-refractivity contribution >= 4 is 23.1 Å². The molecular weight excluding hydrogens is 309 g/mol. The van der Waals surface area contributed by atoms with Crippen molar-refractivity contribution in [3.8, 4) is 11.3 Å². The summed E-state index contributed by atoms with van der Waals surface area (Å²) in [5, 5.41) is 11.6. The van der Waals surface area contributed by atoms with E-state index in [0.717, 1.165) is 5.56 Å². The van der Waals surface area contributed by atoms with E-state index in [1.165, 1.54) is 18.3 Å². The molecule has 0 bridgehead atoms. The molecule has 7 heteroatoms. The van der Waals surface area contributed by atoms with Crippen LogP contribution in [-0.4, -0.2) is 16.2 Å². The number of nitrogens with zero attached hydrogens (tertiary/aromatic N) is 1. The van der Waals surface area contributed by atoms with Crippen molar-refractivity contribution in [2.45, 2.75) is 6.92 Å². The van der Waals surface area contributed by atoms with Gasteiger partial charge in [0.05, 0.1) is 23.3 Å². The molecule has 0 spiro atoms. The number of nitrogen functional groups attached to an aromatic ring is 1. The second-order valence-electron chi connectivity index (χ2n) is 5.34. The molecule has 5 N–H and O–H groups in total. The van der Waals surface area contributed by atoms with Gasteiger partial charge in [-0.2, -0.15) is 5.10 Å². The Balaban J connectivity index is 1.73. The second-order valence-corrected chi connectivity index (χ2v) is 5.34. The van der Waals surface area contributed by atoms with Crippen molar-refractivity contribution < 1.29 is 9.18 Å². The van der Waals surface area contributed by atoms with E-state index in [2.05, 4.69) is 20.8 Å². The van der Waals surface area contributed by atoms with E-state index in [1.807, 2.05) is 25.1 Å². The van der Waals surface area contributed by atoms with Crippen LogP contribution in [-0.2, 0) is 0 Å². The number of halogens is 1. The van der Waals surface area contributed by atoms with Crippen molar-refractivity contribution in [3.05, 3.63) is 60.0 Å². The summed E-state index contributed by atoms with van der Waals surface area (Å²) in [7, 11) is 0. The largest absolute Gasteiger partial charge is 0.396 e. The lowest BCUT2D eigenvalue weighted by Crippen LogP contribution is -2.20. The van der Waals surface area contributed by atoms with Gasteiger partial charge in [-0.25, -0.2) is 9.18 Å². The Morgan fingerprint density at radius 1 is 1.21 bits per heavy atom. The van der Waals surface area contributed by atoms with E-state index in [1.54, 1.807) is 12.1 Å². The first-order valence-corrected chi connectivity index (χ1v) is 7.26. The molecule has 1 heterocycles. The zero-order valence-corrected chi connectivity index (χ0v) is 12.9. The van der Waals surface area contributed by atoms with Gasteiger partial charge in [0, 0.05) is 11.3 Å². The van der Waals surface area contributed by atoms with Crippen molar-refractivity contribution in [1.82, 2.24) is 10.2 Å². The normalized spacial score (nSPS) is 10.4. The number of hydrogen-bond donors (Lipinski definition) is 4. The number of benzene rings is 2. The molecular formula is C17H16FN5O. The number of aromatic amines is 1. The molecule has 0 unspecified atom stereocenters. The molecule has 6 nitrogen and oxygen atoms in total. The number of nitrogens with two attached hydrogens (primary N) is 1. The minimum absolute atomic E-state index is 0.0713. The van der Waals surface area contributed by atoms with Gasteiger partial charge >= 0.3 is 6.03 Å². The molecule has 0 saturated carbocycles. The van der Waals surface area contributed by atoms with Gasteiger partial charge < -0.3 is 16.4 Å². The van der Waals surface area contributed by atoms with Gasteiger partial charge in [0.15, 0.2) is 0 Å². The van der Waals surface area contributed by atoms with Gasteiger partial charge in [0.25, 0.3) is 0 Å². The Labute approximate surface area is 137 Å². The Bertz CT molecular complexity index is 890. The van der Waals surface area contributed by atoms with Crippen LogP contribution in [0.2, 0.25) is 0 Å². The predicted octanol–water partition coefficient (Wildman–Crippen LogP) is 3.75. The Kier molecular flexibility index (Phi) is 4.15. The summed E-state index contributed by atoms with van der Waals surface area (Å²) < 4.78 is 14.2. The Morgan fingerprint density at radius 3 is 2.71 bits per heavy atom. The van der Waals surface area contributed by atoms with Gasteiger partial charge in [-0.3, -0.25) is 5.10 Å². The van der Waals surface area contributed by atoms with Crippen LogP contribution in [0.3, 0.4) is 0 Å². The summed E-state index contributed by atoms with van der Waals surface area (Å²) in [5.74, 6) is -0.569. The van der Waals surface area contributed by atoms with E-state index >= 15 is 0 Å². The van der Waals surface area contributed by atoms with Crippen LogP contribution in [0.25, 0.3) is 11.3 Å². The first kappa shape index (κ1) is 15.5. The summed E-state index contributed by atoms with van der Waals surface area (Å²) >= 11 is 0. The number of urea groups is 1. The van der Waals surface area contributed by atoms with Crippen LogP contribution in [0.5, 0.6) is 0 Å². The summed E-state index contributed by atoms with van der Waals surface area (Å²) in [5.41, 5.74) is 8.97. The van der Waals surface area contributed by atoms with Gasteiger partial charge in [-0.05, 0) is 36.8 Å². The highest BCUT2D eigenvalue weighted by Gasteiger charge is 2.11. The van der Waals surface area contributed by atoms with Crippen LogP contribution in [0, 0.1) is 12.7 Å². The number of anilines is 3. The van der Waals surface area contributed by atoms with Crippen molar-refractivity contribution in [1.29, 1.82) is 0 Å². The van der Waals surface area contributed by atoms with Gasteiger partial charge in [-0.15, -0.1) is 0 Å². The maximum absolute atomic E-state index is 14.2. The maximum Gasteiger partial charge on any atom is 0.323 e. The van der Waals surface area contributed by atoms with E-state index in [0.29, 0.717) is 22.6 Å². The molecule has 0 aliphatic rings. The summed E-state index contributed by atoms with van der Waals surface area (Å²) in [6.45, 7) is 1.92. The molecule has 1 aromatic heterocycles. The number of rotatable bonds is 3. The lowest BCUT2D eigenvalue weighted by atomic mass is 10.1. The topological polar surface area (TPSA) is 95.8 Å². The highest BCUT2D eigenvalue weighted by atomic mass is 19.1. The molecule has 0 fully saturated rings. The number of H-pyrrole nitrogens is 1. The van der Waals surface area contributed by atoms with E-state index in [9.17, 15) is 9.18 Å². The minimum Gasteiger partial charge on any atom is -0.396 e. The zero-order valence-electron chi connectivity index (χ0n) is 12.9. The molecule has 2 aromatic carbocycles. The molecule has 0 aliphatic carbocycles. The monoisotopic (exact) mass is 325 g/mol. The number of carbonyl (C=O) groups is 1. The first-order chi connectivity index (χ1) is 11.5. The fourth-order valence-corrected chi connectivity index (χ4v) is 2.31. The molecule has 122 valence electrons. The average molecular weight is 325 g/mol. The molecule has 0 radical (unpaired) electrons. The first-order valence-electron chi connectivity index (χ1n) is 7.26. The van der Waals surface area contributed by atoms with Crippen LogP contribution in [0.1, 0.15) is 5.56 Å². The van der Waals surface area contributed by atoms with Crippen LogP contribution in [0.15, 0.2) is 48.7 Å². The number of nitrogens with one attached hydrogen (secondary N) is 3. The van der Waals surface area contributed by atoms with Gasteiger partial charge in [-0.1, -0.05) is 18.2 Å². The van der Waals surface area contributed by atoms with E-state index in [4.69, 9.17) is 5.73 Å². The van der Waals surface area contributed by atoms with Crippen LogP contribution < -0.4 is 16.4 Å². The summed E-state index contributed by atoms with van der Waals surface area (Å²) in [4.78, 5) is 12.0. The lowest BCUT2D eigenvalue weighted by Gasteiger charge is -2.10.